The molecule has 3 nitrogen and oxygen atoms in total. The zero-order valence-electron chi connectivity index (χ0n) is 13.3. The maximum Gasteiger partial charge on any atom is 0.150 e. The van der Waals surface area contributed by atoms with E-state index in [1.54, 1.807) is 6.92 Å². The van der Waals surface area contributed by atoms with Gasteiger partial charge in [-0.25, -0.2) is 8.42 Å². The first-order valence-corrected chi connectivity index (χ1v) is 10.4. The molecule has 0 aliphatic heterocycles. The van der Waals surface area contributed by atoms with Crippen LogP contribution in [-0.2, 0) is 9.84 Å². The summed E-state index contributed by atoms with van der Waals surface area (Å²) < 4.78 is 23.1. The molecular weight excluding hydrogens is 302 g/mol. The smallest absolute Gasteiger partial charge is 0.150 e. The van der Waals surface area contributed by atoms with Crippen molar-refractivity contribution in [2.75, 3.05) is 23.8 Å². The molecule has 21 heavy (non-hydrogen) atoms. The van der Waals surface area contributed by atoms with Crippen molar-refractivity contribution >= 4 is 21.6 Å². The maximum atomic E-state index is 11.5. The topological polar surface area (TPSA) is 46.2 Å². The lowest BCUT2D eigenvalue weighted by atomic mass is 10.2. The molecule has 1 aromatic rings. The zero-order chi connectivity index (χ0) is 15.7. The average molecular weight is 330 g/mol. The van der Waals surface area contributed by atoms with Gasteiger partial charge in [0.25, 0.3) is 0 Å². The summed E-state index contributed by atoms with van der Waals surface area (Å²) in [6, 6.07) is 8.86. The van der Waals surface area contributed by atoms with Gasteiger partial charge in [-0.1, -0.05) is 31.5 Å². The summed E-state index contributed by atoms with van der Waals surface area (Å²) in [5.41, 5.74) is 1.27. The second kappa shape index (κ2) is 9.49. The van der Waals surface area contributed by atoms with Gasteiger partial charge in [0.05, 0.1) is 5.75 Å². The lowest BCUT2D eigenvalue weighted by Gasteiger charge is -2.17. The molecule has 5 heteroatoms. The van der Waals surface area contributed by atoms with E-state index in [-0.39, 0.29) is 5.75 Å². The molecule has 120 valence electrons. The standard InChI is InChI=1S/C16H27NO2S2/c1-4-17-15(9-7-11-21(18,19)5-2)13-20-16-10-6-8-14(3)12-16/h6,8,10,12,15,17H,4-5,7,9,11,13H2,1-3H3. The van der Waals surface area contributed by atoms with Crippen LogP contribution in [0.1, 0.15) is 32.3 Å². The Balaban J connectivity index is 2.42. The minimum absolute atomic E-state index is 0.247. The van der Waals surface area contributed by atoms with Crippen LogP contribution in [0.5, 0.6) is 0 Å². The van der Waals surface area contributed by atoms with Gasteiger partial charge in [0.15, 0.2) is 0 Å². The van der Waals surface area contributed by atoms with E-state index in [9.17, 15) is 8.42 Å². The predicted molar refractivity (Wildman–Crippen MR) is 92.9 cm³/mol. The third kappa shape index (κ3) is 7.88. The summed E-state index contributed by atoms with van der Waals surface area (Å²) in [5.74, 6) is 1.53. The molecule has 0 saturated carbocycles. The van der Waals surface area contributed by atoms with Crippen LogP contribution in [0.4, 0.5) is 0 Å². The van der Waals surface area contributed by atoms with Gasteiger partial charge < -0.3 is 5.32 Å². The van der Waals surface area contributed by atoms with Gasteiger partial charge in [0.1, 0.15) is 9.84 Å². The van der Waals surface area contributed by atoms with Gasteiger partial charge in [0, 0.05) is 22.4 Å². The van der Waals surface area contributed by atoms with Crippen LogP contribution in [-0.4, -0.2) is 38.3 Å². The molecule has 0 heterocycles. The normalized spacial score (nSPS) is 13.3. The molecule has 0 aliphatic rings. The molecule has 1 unspecified atom stereocenters. The third-order valence-corrected chi connectivity index (χ3v) is 6.33. The molecule has 0 saturated heterocycles. The van der Waals surface area contributed by atoms with Crippen molar-refractivity contribution in [1.82, 2.24) is 5.32 Å². The van der Waals surface area contributed by atoms with Gasteiger partial charge in [-0.15, -0.1) is 11.8 Å². The number of nitrogens with one attached hydrogen (secondary N) is 1. The Hall–Kier alpha value is -0.520. The van der Waals surface area contributed by atoms with Crippen molar-refractivity contribution in [3.63, 3.8) is 0 Å². The highest BCUT2D eigenvalue weighted by Gasteiger charge is 2.12. The molecule has 0 aromatic heterocycles. The Morgan fingerprint density at radius 3 is 2.67 bits per heavy atom. The number of rotatable bonds is 10. The monoisotopic (exact) mass is 329 g/mol. The second-order valence-corrected chi connectivity index (χ2v) is 8.83. The van der Waals surface area contributed by atoms with Crippen LogP contribution in [0.25, 0.3) is 0 Å². The minimum Gasteiger partial charge on any atom is -0.313 e. The fraction of sp³-hybridized carbons (Fsp3) is 0.625. The molecular formula is C16H27NO2S2. The largest absolute Gasteiger partial charge is 0.313 e. The van der Waals surface area contributed by atoms with Crippen LogP contribution in [0.3, 0.4) is 0 Å². The zero-order valence-corrected chi connectivity index (χ0v) is 14.9. The molecule has 0 radical (unpaired) electrons. The summed E-state index contributed by atoms with van der Waals surface area (Å²) in [6.45, 7) is 6.82. The highest BCUT2D eigenvalue weighted by Crippen LogP contribution is 2.21. The molecule has 1 rings (SSSR count). The van der Waals surface area contributed by atoms with Crippen molar-refractivity contribution in [3.8, 4) is 0 Å². The van der Waals surface area contributed by atoms with Crippen molar-refractivity contribution in [2.24, 2.45) is 0 Å². The Morgan fingerprint density at radius 1 is 1.29 bits per heavy atom. The first-order valence-electron chi connectivity index (χ1n) is 7.60. The molecule has 0 spiro atoms. The van der Waals surface area contributed by atoms with E-state index < -0.39 is 9.84 Å². The molecule has 1 aromatic carbocycles. The quantitative estimate of drug-likeness (QED) is 0.669. The first-order chi connectivity index (χ1) is 9.96. The summed E-state index contributed by atoms with van der Waals surface area (Å²) in [6.07, 6.45) is 1.65. The van der Waals surface area contributed by atoms with Gasteiger partial charge in [-0.05, 0) is 38.4 Å². The Kier molecular flexibility index (Phi) is 8.37. The minimum atomic E-state index is -2.84. The molecule has 1 N–H and O–H groups in total. The Morgan fingerprint density at radius 2 is 2.05 bits per heavy atom. The van der Waals surface area contributed by atoms with Gasteiger partial charge in [0.2, 0.25) is 0 Å². The molecule has 0 amide bonds. The highest BCUT2D eigenvalue weighted by atomic mass is 32.2. The number of aryl methyl sites for hydroxylation is 1. The van der Waals surface area contributed by atoms with Crippen LogP contribution in [0, 0.1) is 6.92 Å². The summed E-state index contributed by atoms with van der Waals surface area (Å²) in [7, 11) is -2.84. The highest BCUT2D eigenvalue weighted by molar-refractivity contribution is 7.99. The van der Waals surface area contributed by atoms with Crippen LogP contribution < -0.4 is 5.32 Å². The van der Waals surface area contributed by atoms with Gasteiger partial charge >= 0.3 is 0 Å². The molecule has 0 aliphatic carbocycles. The second-order valence-electron chi connectivity index (χ2n) is 5.26. The Bertz CT molecular complexity index is 515. The van der Waals surface area contributed by atoms with E-state index in [1.165, 1.54) is 10.5 Å². The fourth-order valence-corrected chi connectivity index (χ4v) is 4.15. The summed E-state index contributed by atoms with van der Waals surface area (Å²) >= 11 is 1.83. The van der Waals surface area contributed by atoms with Gasteiger partial charge in [-0.3, -0.25) is 0 Å². The Labute approximate surface area is 133 Å². The van der Waals surface area contributed by atoms with E-state index in [2.05, 4.69) is 43.4 Å². The molecule has 0 bridgehead atoms. The average Bonchev–Trinajstić information content (AvgIpc) is 2.45. The maximum absolute atomic E-state index is 11.5. The van der Waals surface area contributed by atoms with E-state index in [4.69, 9.17) is 0 Å². The van der Waals surface area contributed by atoms with Crippen molar-refractivity contribution in [2.45, 2.75) is 44.6 Å². The molecule has 1 atom stereocenters. The van der Waals surface area contributed by atoms with E-state index in [1.807, 2.05) is 11.8 Å². The first kappa shape index (κ1) is 18.5. The van der Waals surface area contributed by atoms with Gasteiger partial charge in [-0.2, -0.15) is 0 Å². The lowest BCUT2D eigenvalue weighted by Crippen LogP contribution is -2.31. The van der Waals surface area contributed by atoms with Crippen LogP contribution >= 0.6 is 11.8 Å². The van der Waals surface area contributed by atoms with Crippen LogP contribution in [0.2, 0.25) is 0 Å². The molecule has 0 fully saturated rings. The number of sulfone groups is 1. The lowest BCUT2D eigenvalue weighted by molar-refractivity contribution is 0.527. The number of thioether (sulfide) groups is 1. The third-order valence-electron chi connectivity index (χ3n) is 3.38. The number of benzene rings is 1. The van der Waals surface area contributed by atoms with Crippen molar-refractivity contribution < 1.29 is 8.42 Å². The predicted octanol–water partition coefficient (Wildman–Crippen LogP) is 3.28. The number of hydrogen-bond acceptors (Lipinski definition) is 4. The van der Waals surface area contributed by atoms with E-state index in [0.717, 1.165) is 25.1 Å². The van der Waals surface area contributed by atoms with Crippen LogP contribution in [0.15, 0.2) is 29.2 Å². The summed E-state index contributed by atoms with van der Waals surface area (Å²) in [5, 5.41) is 3.46. The van der Waals surface area contributed by atoms with E-state index >= 15 is 0 Å². The fourth-order valence-electron chi connectivity index (χ4n) is 2.13. The van der Waals surface area contributed by atoms with Crippen molar-refractivity contribution in [1.29, 1.82) is 0 Å². The van der Waals surface area contributed by atoms with E-state index in [0.29, 0.717) is 11.8 Å². The summed E-state index contributed by atoms with van der Waals surface area (Å²) in [4.78, 5) is 1.28. The number of hydrogen-bond donors (Lipinski definition) is 1. The SMILES string of the molecule is CCNC(CCCS(=O)(=O)CC)CSc1cccc(C)c1. The van der Waals surface area contributed by atoms with Crippen molar-refractivity contribution in [3.05, 3.63) is 29.8 Å².